The molecule has 2 fully saturated rings. The van der Waals surface area contributed by atoms with Crippen molar-refractivity contribution in [1.82, 2.24) is 14.7 Å². The molecule has 120 valence electrons. The highest BCUT2D eigenvalue weighted by Crippen LogP contribution is 2.22. The number of nitrogens with zero attached hydrogens (tertiary/aromatic N) is 3. The molecule has 0 aliphatic carbocycles. The molecule has 0 saturated carbocycles. The van der Waals surface area contributed by atoms with Gasteiger partial charge in [0.15, 0.2) is 0 Å². The average Bonchev–Trinajstić information content (AvgIpc) is 2.94. The van der Waals surface area contributed by atoms with E-state index in [0.29, 0.717) is 26.2 Å². The Bertz CT molecular complexity index is 382. The Hall–Kier alpha value is -1.34. The average molecular weight is 299 g/mol. The summed E-state index contributed by atoms with van der Waals surface area (Å²) >= 11 is 0. The SMILES string of the molecule is CCCN(C(=O)N1CCN(C)CC1)C1COCC1C(=O)O. The lowest BCUT2D eigenvalue weighted by Gasteiger charge is -2.38. The van der Waals surface area contributed by atoms with Gasteiger partial charge in [-0.15, -0.1) is 0 Å². The monoisotopic (exact) mass is 299 g/mol. The van der Waals surface area contributed by atoms with Crippen molar-refractivity contribution in [2.24, 2.45) is 5.92 Å². The van der Waals surface area contributed by atoms with Crippen molar-refractivity contribution in [1.29, 1.82) is 0 Å². The molecule has 7 nitrogen and oxygen atoms in total. The molecule has 0 aromatic rings. The Balaban J connectivity index is 2.07. The van der Waals surface area contributed by atoms with Gasteiger partial charge in [0.05, 0.1) is 19.3 Å². The zero-order valence-electron chi connectivity index (χ0n) is 12.8. The molecule has 7 heteroatoms. The summed E-state index contributed by atoms with van der Waals surface area (Å²) in [6.07, 6.45) is 0.808. The number of amides is 2. The fourth-order valence-corrected chi connectivity index (χ4v) is 2.91. The highest BCUT2D eigenvalue weighted by Gasteiger charge is 2.41. The van der Waals surface area contributed by atoms with Crippen LogP contribution in [0.2, 0.25) is 0 Å². The summed E-state index contributed by atoms with van der Waals surface area (Å²) in [6, 6.07) is -0.402. The van der Waals surface area contributed by atoms with E-state index >= 15 is 0 Å². The van der Waals surface area contributed by atoms with Crippen LogP contribution < -0.4 is 0 Å². The van der Waals surface area contributed by atoms with Crippen molar-refractivity contribution in [2.75, 3.05) is 53.0 Å². The van der Waals surface area contributed by atoms with Gasteiger partial charge in [0.25, 0.3) is 0 Å². The van der Waals surface area contributed by atoms with Crippen LogP contribution in [0.1, 0.15) is 13.3 Å². The number of hydrogen-bond donors (Lipinski definition) is 1. The minimum Gasteiger partial charge on any atom is -0.481 e. The van der Waals surface area contributed by atoms with E-state index < -0.39 is 11.9 Å². The first kappa shape index (κ1) is 16.0. The van der Waals surface area contributed by atoms with E-state index in [2.05, 4.69) is 4.90 Å². The standard InChI is InChI=1S/C14H25N3O4/c1-3-4-17(12-10-21-9-11(12)13(18)19)14(20)16-7-5-15(2)6-8-16/h11-12H,3-10H2,1-2H3,(H,18,19). The Labute approximate surface area is 125 Å². The highest BCUT2D eigenvalue weighted by molar-refractivity contribution is 5.77. The third kappa shape index (κ3) is 3.65. The van der Waals surface area contributed by atoms with Gasteiger partial charge in [0.1, 0.15) is 5.92 Å². The van der Waals surface area contributed by atoms with Crippen LogP contribution in [0.15, 0.2) is 0 Å². The molecule has 2 rings (SSSR count). The Morgan fingerprint density at radius 1 is 1.24 bits per heavy atom. The summed E-state index contributed by atoms with van der Waals surface area (Å²) in [6.45, 7) is 6.18. The third-order valence-electron chi connectivity index (χ3n) is 4.25. The Morgan fingerprint density at radius 2 is 1.90 bits per heavy atom. The number of carbonyl (C=O) groups excluding carboxylic acids is 1. The zero-order chi connectivity index (χ0) is 15.4. The topological polar surface area (TPSA) is 73.3 Å². The second-order valence-corrected chi connectivity index (χ2v) is 5.82. The molecule has 0 bridgehead atoms. The van der Waals surface area contributed by atoms with Gasteiger partial charge >= 0.3 is 12.0 Å². The number of piperazine rings is 1. The number of urea groups is 1. The van der Waals surface area contributed by atoms with Crippen LogP contribution >= 0.6 is 0 Å². The maximum atomic E-state index is 12.7. The zero-order valence-corrected chi connectivity index (χ0v) is 12.8. The molecule has 0 aromatic heterocycles. The van der Waals surface area contributed by atoms with Crippen LogP contribution in [-0.4, -0.2) is 90.8 Å². The normalized spacial score (nSPS) is 26.9. The van der Waals surface area contributed by atoms with Crippen molar-refractivity contribution < 1.29 is 19.4 Å². The first-order chi connectivity index (χ1) is 10.0. The van der Waals surface area contributed by atoms with Crippen molar-refractivity contribution in [3.63, 3.8) is 0 Å². The van der Waals surface area contributed by atoms with E-state index in [4.69, 9.17) is 4.74 Å². The number of hydrogen-bond acceptors (Lipinski definition) is 4. The summed E-state index contributed by atoms with van der Waals surface area (Å²) in [4.78, 5) is 29.8. The third-order valence-corrected chi connectivity index (χ3v) is 4.25. The molecular weight excluding hydrogens is 274 g/mol. The fraction of sp³-hybridized carbons (Fsp3) is 0.857. The molecule has 0 radical (unpaired) electrons. The van der Waals surface area contributed by atoms with Gasteiger partial charge < -0.3 is 24.5 Å². The minimum atomic E-state index is -0.884. The van der Waals surface area contributed by atoms with Gasteiger partial charge in [0.2, 0.25) is 0 Å². The predicted octanol–water partition coefficient (Wildman–Crippen LogP) is 0.165. The molecule has 0 aromatic carbocycles. The van der Waals surface area contributed by atoms with Gasteiger partial charge in [-0.05, 0) is 13.5 Å². The van der Waals surface area contributed by atoms with Crippen molar-refractivity contribution >= 4 is 12.0 Å². The lowest BCUT2D eigenvalue weighted by Crippen LogP contribution is -2.56. The molecule has 21 heavy (non-hydrogen) atoms. The maximum Gasteiger partial charge on any atom is 0.320 e. The van der Waals surface area contributed by atoms with Crippen LogP contribution in [0.5, 0.6) is 0 Å². The molecule has 0 spiro atoms. The number of carboxylic acids is 1. The number of carbonyl (C=O) groups is 2. The smallest absolute Gasteiger partial charge is 0.320 e. The van der Waals surface area contributed by atoms with E-state index in [9.17, 15) is 14.7 Å². The number of ether oxygens (including phenoxy) is 1. The number of aliphatic carboxylic acids is 1. The maximum absolute atomic E-state index is 12.7. The van der Waals surface area contributed by atoms with E-state index in [-0.39, 0.29) is 18.7 Å². The van der Waals surface area contributed by atoms with Crippen LogP contribution in [0.25, 0.3) is 0 Å². The summed E-state index contributed by atoms with van der Waals surface area (Å²) < 4.78 is 5.31. The molecule has 2 aliphatic heterocycles. The van der Waals surface area contributed by atoms with Crippen LogP contribution in [0.3, 0.4) is 0 Å². The van der Waals surface area contributed by atoms with E-state index in [1.165, 1.54) is 0 Å². The lowest BCUT2D eigenvalue weighted by molar-refractivity contribution is -0.142. The second kappa shape index (κ2) is 7.09. The minimum absolute atomic E-state index is 0.0494. The van der Waals surface area contributed by atoms with E-state index in [1.807, 2.05) is 18.9 Å². The van der Waals surface area contributed by atoms with Crippen LogP contribution in [0, 0.1) is 5.92 Å². The van der Waals surface area contributed by atoms with Gasteiger partial charge in [0, 0.05) is 32.7 Å². The number of likely N-dealkylation sites (N-methyl/N-ethyl adjacent to an activating group) is 1. The highest BCUT2D eigenvalue weighted by atomic mass is 16.5. The largest absolute Gasteiger partial charge is 0.481 e. The molecule has 2 heterocycles. The second-order valence-electron chi connectivity index (χ2n) is 5.82. The lowest BCUT2D eigenvalue weighted by atomic mass is 10.0. The van der Waals surface area contributed by atoms with E-state index in [1.54, 1.807) is 4.90 Å². The van der Waals surface area contributed by atoms with Gasteiger partial charge in [-0.25, -0.2) is 4.79 Å². The van der Waals surface area contributed by atoms with Crippen molar-refractivity contribution in [2.45, 2.75) is 19.4 Å². The number of rotatable bonds is 4. The molecular formula is C14H25N3O4. The van der Waals surface area contributed by atoms with Crippen molar-refractivity contribution in [3.8, 4) is 0 Å². The summed E-state index contributed by atoms with van der Waals surface area (Å²) in [5, 5.41) is 9.29. The summed E-state index contributed by atoms with van der Waals surface area (Å²) in [7, 11) is 2.04. The molecule has 2 amide bonds. The molecule has 2 aliphatic rings. The molecule has 2 unspecified atom stereocenters. The van der Waals surface area contributed by atoms with Gasteiger partial charge in [-0.1, -0.05) is 6.92 Å². The molecule has 2 atom stereocenters. The van der Waals surface area contributed by atoms with Gasteiger partial charge in [-0.2, -0.15) is 0 Å². The molecule has 2 saturated heterocycles. The van der Waals surface area contributed by atoms with Crippen LogP contribution in [-0.2, 0) is 9.53 Å². The number of carboxylic acid groups (broad SMARTS) is 1. The Morgan fingerprint density at radius 3 is 2.48 bits per heavy atom. The summed E-state index contributed by atoms with van der Waals surface area (Å²) in [5.74, 6) is -1.50. The van der Waals surface area contributed by atoms with Crippen LogP contribution in [0.4, 0.5) is 4.79 Å². The Kier molecular flexibility index (Phi) is 5.41. The first-order valence-electron chi connectivity index (χ1n) is 7.59. The molecule has 1 N–H and O–H groups in total. The van der Waals surface area contributed by atoms with Gasteiger partial charge in [-0.3, -0.25) is 4.79 Å². The van der Waals surface area contributed by atoms with Crippen molar-refractivity contribution in [3.05, 3.63) is 0 Å². The predicted molar refractivity (Wildman–Crippen MR) is 77.2 cm³/mol. The van der Waals surface area contributed by atoms with E-state index in [0.717, 1.165) is 19.5 Å². The quantitative estimate of drug-likeness (QED) is 0.801. The summed E-state index contributed by atoms with van der Waals surface area (Å²) in [5.41, 5.74) is 0. The fourth-order valence-electron chi connectivity index (χ4n) is 2.91. The first-order valence-corrected chi connectivity index (χ1v) is 7.59.